The van der Waals surface area contributed by atoms with Crippen molar-refractivity contribution in [2.24, 2.45) is 0 Å². The van der Waals surface area contributed by atoms with Crippen molar-refractivity contribution in [2.45, 2.75) is 0 Å². The van der Waals surface area contributed by atoms with Crippen molar-refractivity contribution in [1.82, 2.24) is 0 Å². The smallest absolute Gasteiger partial charge is 0.350 e. The predicted molar refractivity (Wildman–Crippen MR) is 61.8 cm³/mol. The summed E-state index contributed by atoms with van der Waals surface area (Å²) in [5.41, 5.74) is 0.223. The Balaban J connectivity index is 3.12. The average Bonchev–Trinajstić information content (AvgIpc) is 2.42. The number of hydrogen-bond acceptors (Lipinski definition) is 5. The molecule has 0 aliphatic carbocycles. The van der Waals surface area contributed by atoms with E-state index in [0.717, 1.165) is 17.6 Å². The maximum absolute atomic E-state index is 11.3. The standard InChI is InChI=1S/C7H8BrNO4S2/c1-13-7(10)6-4(3-5(8)14-6)9-15(2,11)12/h3,9H,1-2H3. The van der Waals surface area contributed by atoms with Crippen LogP contribution in [0.2, 0.25) is 0 Å². The molecule has 1 heterocycles. The maximum atomic E-state index is 11.3. The van der Waals surface area contributed by atoms with Crippen LogP contribution in [0.1, 0.15) is 9.67 Å². The molecule has 0 amide bonds. The minimum absolute atomic E-state index is 0.217. The Labute approximate surface area is 99.6 Å². The largest absolute Gasteiger partial charge is 0.465 e. The fraction of sp³-hybridized carbons (Fsp3) is 0.286. The topological polar surface area (TPSA) is 72.5 Å². The number of hydrogen-bond donors (Lipinski definition) is 1. The second kappa shape index (κ2) is 4.50. The molecule has 1 rings (SSSR count). The second-order valence-electron chi connectivity index (χ2n) is 2.66. The summed E-state index contributed by atoms with van der Waals surface area (Å²) in [6.45, 7) is 0. The molecule has 0 aliphatic rings. The number of ether oxygens (including phenoxy) is 1. The zero-order valence-corrected chi connectivity index (χ0v) is 11.1. The Morgan fingerprint density at radius 3 is 2.67 bits per heavy atom. The van der Waals surface area contributed by atoms with Gasteiger partial charge in [-0.05, 0) is 22.0 Å². The first-order valence-electron chi connectivity index (χ1n) is 3.69. The van der Waals surface area contributed by atoms with E-state index in [9.17, 15) is 13.2 Å². The number of sulfonamides is 1. The van der Waals surface area contributed by atoms with Gasteiger partial charge in [-0.2, -0.15) is 0 Å². The molecule has 0 saturated heterocycles. The van der Waals surface area contributed by atoms with E-state index in [1.165, 1.54) is 13.2 Å². The van der Waals surface area contributed by atoms with Gasteiger partial charge in [-0.1, -0.05) is 0 Å². The van der Waals surface area contributed by atoms with E-state index in [1.807, 2.05) is 0 Å². The van der Waals surface area contributed by atoms with E-state index >= 15 is 0 Å². The van der Waals surface area contributed by atoms with E-state index in [2.05, 4.69) is 25.4 Å². The number of thiophene rings is 1. The number of nitrogens with one attached hydrogen (secondary N) is 1. The predicted octanol–water partition coefficient (Wildman–Crippen LogP) is 1.67. The summed E-state index contributed by atoms with van der Waals surface area (Å²) in [7, 11) is -2.16. The number of anilines is 1. The third-order valence-electron chi connectivity index (χ3n) is 1.37. The van der Waals surface area contributed by atoms with Crippen LogP contribution >= 0.6 is 27.3 Å². The average molecular weight is 314 g/mol. The van der Waals surface area contributed by atoms with Gasteiger partial charge in [0.15, 0.2) is 0 Å². The van der Waals surface area contributed by atoms with Gasteiger partial charge in [-0.15, -0.1) is 11.3 Å². The molecule has 0 spiro atoms. The minimum atomic E-state index is -3.40. The molecule has 84 valence electrons. The zero-order valence-electron chi connectivity index (χ0n) is 7.90. The summed E-state index contributed by atoms with van der Waals surface area (Å²) in [6, 6.07) is 1.51. The molecule has 0 aromatic carbocycles. The molecule has 0 unspecified atom stereocenters. The van der Waals surface area contributed by atoms with Crippen molar-refractivity contribution in [3.8, 4) is 0 Å². The molecule has 0 atom stereocenters. The Kier molecular flexibility index (Phi) is 3.74. The third kappa shape index (κ3) is 3.47. The van der Waals surface area contributed by atoms with Gasteiger partial charge in [0.05, 0.1) is 22.8 Å². The van der Waals surface area contributed by atoms with E-state index < -0.39 is 16.0 Å². The molecule has 0 radical (unpaired) electrons. The highest BCUT2D eigenvalue weighted by molar-refractivity contribution is 9.11. The SMILES string of the molecule is COC(=O)c1sc(Br)cc1NS(C)(=O)=O. The molecule has 8 heteroatoms. The Bertz CT molecular complexity index is 479. The van der Waals surface area contributed by atoms with E-state index in [4.69, 9.17) is 0 Å². The molecule has 0 bridgehead atoms. The van der Waals surface area contributed by atoms with Gasteiger partial charge < -0.3 is 4.74 Å². The number of methoxy groups -OCH3 is 1. The first kappa shape index (κ1) is 12.5. The highest BCUT2D eigenvalue weighted by Crippen LogP contribution is 2.32. The van der Waals surface area contributed by atoms with Crippen molar-refractivity contribution in [3.63, 3.8) is 0 Å². The van der Waals surface area contributed by atoms with Crippen LogP contribution in [0.4, 0.5) is 5.69 Å². The van der Waals surface area contributed by atoms with Gasteiger partial charge in [0, 0.05) is 0 Å². The van der Waals surface area contributed by atoms with Crippen LogP contribution in [-0.4, -0.2) is 27.8 Å². The molecule has 1 aromatic rings. The highest BCUT2D eigenvalue weighted by Gasteiger charge is 2.18. The molecule has 15 heavy (non-hydrogen) atoms. The van der Waals surface area contributed by atoms with E-state index in [0.29, 0.717) is 3.79 Å². The molecular weight excluding hydrogens is 306 g/mol. The molecule has 1 aromatic heterocycles. The Hall–Kier alpha value is -0.600. The minimum Gasteiger partial charge on any atom is -0.465 e. The zero-order chi connectivity index (χ0) is 11.6. The molecule has 0 aliphatic heterocycles. The van der Waals surface area contributed by atoms with Crippen LogP contribution in [0.25, 0.3) is 0 Å². The van der Waals surface area contributed by atoms with Gasteiger partial charge in [0.25, 0.3) is 0 Å². The molecule has 5 nitrogen and oxygen atoms in total. The molecule has 0 fully saturated rings. The summed E-state index contributed by atoms with van der Waals surface area (Å²) < 4.78 is 29.4. The lowest BCUT2D eigenvalue weighted by atomic mass is 10.4. The highest BCUT2D eigenvalue weighted by atomic mass is 79.9. The van der Waals surface area contributed by atoms with Crippen molar-refractivity contribution < 1.29 is 17.9 Å². The summed E-state index contributed by atoms with van der Waals surface area (Å²) in [6.07, 6.45) is 1.01. The number of esters is 1. The van der Waals surface area contributed by atoms with Gasteiger partial charge in [-0.3, -0.25) is 4.72 Å². The lowest BCUT2D eigenvalue weighted by Gasteiger charge is -2.02. The van der Waals surface area contributed by atoms with Gasteiger partial charge in [0.2, 0.25) is 10.0 Å². The van der Waals surface area contributed by atoms with Crippen LogP contribution in [0.3, 0.4) is 0 Å². The van der Waals surface area contributed by atoms with Crippen LogP contribution in [0.15, 0.2) is 9.85 Å². The quantitative estimate of drug-likeness (QED) is 0.862. The van der Waals surface area contributed by atoms with Crippen LogP contribution in [0, 0.1) is 0 Å². The Morgan fingerprint density at radius 2 is 2.20 bits per heavy atom. The van der Waals surface area contributed by atoms with Gasteiger partial charge in [0.1, 0.15) is 4.88 Å². The van der Waals surface area contributed by atoms with Gasteiger partial charge in [-0.25, -0.2) is 13.2 Å². The lowest BCUT2D eigenvalue weighted by Crippen LogP contribution is -2.12. The number of carbonyl (C=O) groups excluding carboxylic acids is 1. The number of halogens is 1. The molecule has 0 saturated carbocycles. The van der Waals surface area contributed by atoms with E-state index in [1.54, 1.807) is 0 Å². The second-order valence-corrected chi connectivity index (χ2v) is 6.84. The van der Waals surface area contributed by atoms with Crippen molar-refractivity contribution in [2.75, 3.05) is 18.1 Å². The van der Waals surface area contributed by atoms with Crippen LogP contribution in [0.5, 0.6) is 0 Å². The first-order valence-corrected chi connectivity index (χ1v) is 7.19. The summed E-state index contributed by atoms with van der Waals surface area (Å²) in [5, 5.41) is 0. The molecule has 1 N–H and O–H groups in total. The fourth-order valence-electron chi connectivity index (χ4n) is 0.881. The normalized spacial score (nSPS) is 11.1. The van der Waals surface area contributed by atoms with E-state index in [-0.39, 0.29) is 10.6 Å². The Morgan fingerprint density at radius 1 is 1.60 bits per heavy atom. The monoisotopic (exact) mass is 313 g/mol. The number of carbonyl (C=O) groups is 1. The summed E-state index contributed by atoms with van der Waals surface area (Å²) in [5.74, 6) is -0.572. The fourth-order valence-corrected chi connectivity index (χ4v) is 2.98. The van der Waals surface area contributed by atoms with Crippen LogP contribution < -0.4 is 4.72 Å². The van der Waals surface area contributed by atoms with Crippen LogP contribution in [-0.2, 0) is 14.8 Å². The first-order chi connectivity index (χ1) is 6.83. The number of rotatable bonds is 3. The third-order valence-corrected chi connectivity index (χ3v) is 3.58. The van der Waals surface area contributed by atoms with Gasteiger partial charge >= 0.3 is 5.97 Å². The summed E-state index contributed by atoms with van der Waals surface area (Å²) >= 11 is 4.27. The molecular formula is C7H8BrNO4S2. The maximum Gasteiger partial charge on any atom is 0.350 e. The van der Waals surface area contributed by atoms with Crippen molar-refractivity contribution in [1.29, 1.82) is 0 Å². The summed E-state index contributed by atoms with van der Waals surface area (Å²) in [4.78, 5) is 11.5. The lowest BCUT2D eigenvalue weighted by molar-refractivity contribution is 0.0607. The van der Waals surface area contributed by atoms with Crippen molar-refractivity contribution >= 4 is 48.9 Å². The van der Waals surface area contributed by atoms with Crippen molar-refractivity contribution in [3.05, 3.63) is 14.7 Å².